The molecule has 1 aromatic rings. The average molecular weight is 318 g/mol. The van der Waals surface area contributed by atoms with Gasteiger partial charge >= 0.3 is 18.0 Å². The highest BCUT2D eigenvalue weighted by molar-refractivity contribution is 6.39. The van der Waals surface area contributed by atoms with Gasteiger partial charge < -0.3 is 15.7 Å². The smallest absolute Gasteiger partial charge is 0.393 e. The number of halogens is 3. The summed E-state index contributed by atoms with van der Waals surface area (Å²) in [6.07, 6.45) is -5.03. The molecule has 22 heavy (non-hydrogen) atoms. The fourth-order valence-corrected chi connectivity index (χ4v) is 1.71. The van der Waals surface area contributed by atoms with Crippen LogP contribution in [0.1, 0.15) is 18.9 Å². The molecule has 2 amide bonds. The number of anilines is 1. The quantitative estimate of drug-likeness (QED) is 0.722. The summed E-state index contributed by atoms with van der Waals surface area (Å²) in [5.74, 6) is -1.96. The number of hydrogen-bond acceptors (Lipinski definition) is 3. The molecule has 3 N–H and O–H groups in total. The Morgan fingerprint density at radius 2 is 1.95 bits per heavy atom. The molecule has 0 heterocycles. The number of carbonyl (C=O) groups excluding carboxylic acids is 2. The molecule has 122 valence electrons. The van der Waals surface area contributed by atoms with Crippen molar-refractivity contribution in [1.82, 2.24) is 5.32 Å². The summed E-state index contributed by atoms with van der Waals surface area (Å²) in [6, 6.07) is 4.63. The molecule has 1 atom stereocenters. The van der Waals surface area contributed by atoms with Crippen LogP contribution in [0.2, 0.25) is 0 Å². The zero-order chi connectivity index (χ0) is 16.8. The van der Waals surface area contributed by atoms with Gasteiger partial charge in [0.25, 0.3) is 0 Å². The number of nitrogens with one attached hydrogen (secondary N) is 2. The topological polar surface area (TPSA) is 78.4 Å². The molecule has 0 saturated carbocycles. The molecular weight excluding hydrogens is 301 g/mol. The molecule has 0 saturated heterocycles. The summed E-state index contributed by atoms with van der Waals surface area (Å²) < 4.78 is 36.9. The minimum atomic E-state index is -4.35. The van der Waals surface area contributed by atoms with E-state index in [0.717, 1.165) is 6.07 Å². The number of hydrogen-bond donors (Lipinski definition) is 3. The highest BCUT2D eigenvalue weighted by Crippen LogP contribution is 2.22. The lowest BCUT2D eigenvalue weighted by Crippen LogP contribution is -2.43. The Labute approximate surface area is 125 Å². The van der Waals surface area contributed by atoms with Gasteiger partial charge in [-0.25, -0.2) is 0 Å². The van der Waals surface area contributed by atoms with Crippen molar-refractivity contribution in [2.75, 3.05) is 11.9 Å². The number of aliphatic hydroxyl groups is 1. The number of benzene rings is 1. The first-order valence-corrected chi connectivity index (χ1v) is 6.63. The summed E-state index contributed by atoms with van der Waals surface area (Å²) in [4.78, 5) is 23.2. The van der Waals surface area contributed by atoms with Crippen molar-refractivity contribution in [3.8, 4) is 0 Å². The highest BCUT2D eigenvalue weighted by Gasteiger charge is 2.27. The fraction of sp³-hybridized carbons (Fsp3) is 0.429. The Hall–Kier alpha value is -2.09. The third-order valence-corrected chi connectivity index (χ3v) is 2.84. The fourth-order valence-electron chi connectivity index (χ4n) is 1.71. The Bertz CT molecular complexity index is 528. The van der Waals surface area contributed by atoms with E-state index in [0.29, 0.717) is 6.42 Å². The lowest BCUT2D eigenvalue weighted by molar-refractivity contribution is -0.136. The highest BCUT2D eigenvalue weighted by atomic mass is 19.4. The van der Waals surface area contributed by atoms with Crippen LogP contribution in [0.25, 0.3) is 0 Å². The maximum atomic E-state index is 12.3. The predicted molar refractivity (Wildman–Crippen MR) is 74.1 cm³/mol. The van der Waals surface area contributed by atoms with Crippen LogP contribution in [0, 0.1) is 0 Å². The lowest BCUT2D eigenvalue weighted by atomic mass is 10.1. The molecule has 0 aliphatic carbocycles. The Balaban J connectivity index is 2.68. The molecule has 1 rings (SSSR count). The Morgan fingerprint density at radius 1 is 1.27 bits per heavy atom. The first kappa shape index (κ1) is 18.0. The third-order valence-electron chi connectivity index (χ3n) is 2.84. The first-order valence-electron chi connectivity index (χ1n) is 6.63. The van der Waals surface area contributed by atoms with Gasteiger partial charge in [0.1, 0.15) is 0 Å². The van der Waals surface area contributed by atoms with Gasteiger partial charge in [-0.05, 0) is 24.1 Å². The zero-order valence-electron chi connectivity index (χ0n) is 11.9. The average Bonchev–Trinajstić information content (AvgIpc) is 2.42. The number of amides is 2. The molecule has 8 heteroatoms. The van der Waals surface area contributed by atoms with E-state index in [-0.39, 0.29) is 17.9 Å². The van der Waals surface area contributed by atoms with Gasteiger partial charge in [0.15, 0.2) is 0 Å². The molecule has 0 bridgehead atoms. The van der Waals surface area contributed by atoms with Gasteiger partial charge in [-0.1, -0.05) is 19.1 Å². The van der Waals surface area contributed by atoms with E-state index in [1.54, 1.807) is 6.92 Å². The van der Waals surface area contributed by atoms with Gasteiger partial charge in [-0.15, -0.1) is 0 Å². The van der Waals surface area contributed by atoms with Crippen molar-refractivity contribution in [1.29, 1.82) is 0 Å². The van der Waals surface area contributed by atoms with Crippen LogP contribution < -0.4 is 10.6 Å². The Morgan fingerprint density at radius 3 is 2.50 bits per heavy atom. The van der Waals surface area contributed by atoms with Crippen LogP contribution in [-0.4, -0.2) is 35.7 Å². The van der Waals surface area contributed by atoms with Crippen LogP contribution in [0.4, 0.5) is 18.9 Å². The van der Waals surface area contributed by atoms with Gasteiger partial charge in [0, 0.05) is 5.69 Å². The number of rotatable bonds is 5. The number of carbonyl (C=O) groups is 2. The monoisotopic (exact) mass is 318 g/mol. The van der Waals surface area contributed by atoms with E-state index in [2.05, 4.69) is 10.6 Å². The second kappa shape index (κ2) is 7.79. The summed E-state index contributed by atoms with van der Waals surface area (Å²) in [5, 5.41) is 13.5. The van der Waals surface area contributed by atoms with E-state index in [1.807, 2.05) is 0 Å². The largest absolute Gasteiger partial charge is 0.394 e. The number of aliphatic hydroxyl groups excluding tert-OH is 1. The molecule has 1 aromatic carbocycles. The second-order valence-corrected chi connectivity index (χ2v) is 4.71. The van der Waals surface area contributed by atoms with Crippen molar-refractivity contribution in [2.24, 2.45) is 0 Å². The molecule has 0 spiro atoms. The van der Waals surface area contributed by atoms with E-state index in [1.165, 1.54) is 18.2 Å². The normalized spacial score (nSPS) is 12.6. The molecule has 0 fully saturated rings. The SMILES string of the molecule is CCC(CO)NC(=O)C(=O)Nc1cccc(CC(F)(F)F)c1. The van der Waals surface area contributed by atoms with Gasteiger partial charge in [-0.3, -0.25) is 9.59 Å². The lowest BCUT2D eigenvalue weighted by Gasteiger charge is -2.14. The molecule has 0 aromatic heterocycles. The number of alkyl halides is 3. The van der Waals surface area contributed by atoms with Crippen molar-refractivity contribution >= 4 is 17.5 Å². The maximum Gasteiger partial charge on any atom is 0.393 e. The van der Waals surface area contributed by atoms with Crippen molar-refractivity contribution in [3.63, 3.8) is 0 Å². The molecule has 0 aliphatic heterocycles. The summed E-state index contributed by atoms with van der Waals surface area (Å²) in [7, 11) is 0. The molecule has 0 aliphatic rings. The minimum absolute atomic E-state index is 0.0208. The van der Waals surface area contributed by atoms with Crippen molar-refractivity contribution < 1.29 is 27.9 Å². The van der Waals surface area contributed by atoms with E-state index >= 15 is 0 Å². The molecule has 1 unspecified atom stereocenters. The van der Waals surface area contributed by atoms with Crippen LogP contribution in [0.3, 0.4) is 0 Å². The van der Waals surface area contributed by atoms with Gasteiger partial charge in [0.05, 0.1) is 19.1 Å². The Kier molecular flexibility index (Phi) is 6.36. The first-order chi connectivity index (χ1) is 10.2. The van der Waals surface area contributed by atoms with E-state index in [9.17, 15) is 22.8 Å². The predicted octanol–water partition coefficient (Wildman–Crippen LogP) is 1.62. The molecule has 5 nitrogen and oxygen atoms in total. The van der Waals surface area contributed by atoms with Crippen LogP contribution >= 0.6 is 0 Å². The van der Waals surface area contributed by atoms with Crippen LogP contribution in [-0.2, 0) is 16.0 Å². The second-order valence-electron chi connectivity index (χ2n) is 4.71. The zero-order valence-corrected chi connectivity index (χ0v) is 11.9. The molecular formula is C14H17F3N2O3. The van der Waals surface area contributed by atoms with E-state index < -0.39 is 30.5 Å². The summed E-state index contributed by atoms with van der Waals surface area (Å²) in [6.45, 7) is 1.41. The maximum absolute atomic E-state index is 12.3. The van der Waals surface area contributed by atoms with Crippen LogP contribution in [0.15, 0.2) is 24.3 Å². The van der Waals surface area contributed by atoms with Crippen molar-refractivity contribution in [3.05, 3.63) is 29.8 Å². The minimum Gasteiger partial charge on any atom is -0.394 e. The van der Waals surface area contributed by atoms with E-state index in [4.69, 9.17) is 5.11 Å². The standard InChI is InChI=1S/C14H17F3N2O3/c1-2-10(8-20)18-12(21)13(22)19-11-5-3-4-9(6-11)7-14(15,16)17/h3-6,10,20H,2,7-8H2,1H3,(H,18,21)(H,19,22). The molecule has 0 radical (unpaired) electrons. The van der Waals surface area contributed by atoms with Gasteiger partial charge in [-0.2, -0.15) is 13.2 Å². The van der Waals surface area contributed by atoms with Crippen molar-refractivity contribution in [2.45, 2.75) is 32.0 Å². The third kappa shape index (κ3) is 6.13. The summed E-state index contributed by atoms with van der Waals surface area (Å²) >= 11 is 0. The summed E-state index contributed by atoms with van der Waals surface area (Å²) in [5.41, 5.74) is 0.0754. The van der Waals surface area contributed by atoms with Gasteiger partial charge in [0.2, 0.25) is 0 Å². The van der Waals surface area contributed by atoms with Crippen LogP contribution in [0.5, 0.6) is 0 Å².